The predicted molar refractivity (Wildman–Crippen MR) is 158 cm³/mol. The minimum Gasteiger partial charge on any atom is -0.497 e. The van der Waals surface area contributed by atoms with E-state index in [-0.39, 0.29) is 36.0 Å². The van der Waals surface area contributed by atoms with Crippen LogP contribution in [0.4, 0.5) is 5.69 Å². The lowest BCUT2D eigenvalue weighted by atomic mass is 10.1. The fourth-order valence-electron chi connectivity index (χ4n) is 5.16. The second kappa shape index (κ2) is 12.0. The number of carbonyl (C=O) groups is 1. The Morgan fingerprint density at radius 3 is 2.57 bits per heavy atom. The average molecular weight is 588 g/mol. The van der Waals surface area contributed by atoms with Crippen molar-refractivity contribution in [3.63, 3.8) is 0 Å². The number of fused-ring (bicyclic) bond motifs is 1. The van der Waals surface area contributed by atoms with Crippen molar-refractivity contribution in [2.75, 3.05) is 13.7 Å². The van der Waals surface area contributed by atoms with Crippen LogP contribution in [0.2, 0.25) is 0 Å². The number of ether oxygens (including phenoxy) is 1. The molecule has 4 aromatic rings. The Hall–Kier alpha value is -4.81. The van der Waals surface area contributed by atoms with Crippen LogP contribution in [0, 0.1) is 10.1 Å². The first kappa shape index (κ1) is 28.7. The van der Waals surface area contributed by atoms with Gasteiger partial charge in [0.15, 0.2) is 0 Å². The summed E-state index contributed by atoms with van der Waals surface area (Å²) in [5, 5.41) is 16.4. The van der Waals surface area contributed by atoms with Crippen molar-refractivity contribution >= 4 is 38.6 Å². The average Bonchev–Trinajstić information content (AvgIpc) is 3.34. The molecule has 1 atom stereocenters. The summed E-state index contributed by atoms with van der Waals surface area (Å²) >= 11 is 0. The second-order valence-electron chi connectivity index (χ2n) is 9.94. The van der Waals surface area contributed by atoms with Crippen molar-refractivity contribution in [3.05, 3.63) is 112 Å². The summed E-state index contributed by atoms with van der Waals surface area (Å²) in [6.07, 6.45) is 1.77. The number of methoxy groups -OCH3 is 1. The molecule has 1 amide bonds. The molecule has 1 heterocycles. The number of nitro groups is 1. The third kappa shape index (κ3) is 5.94. The molecule has 0 aliphatic carbocycles. The Bertz CT molecular complexity index is 1790. The number of nitrogens with zero attached hydrogens (tertiary/aromatic N) is 4. The molecular weight excluding hydrogens is 558 g/mol. The van der Waals surface area contributed by atoms with Gasteiger partial charge in [0.25, 0.3) is 5.69 Å². The van der Waals surface area contributed by atoms with E-state index >= 15 is 0 Å². The minimum atomic E-state index is -4.23. The standard InChI is InChI=1S/C30H29N5O6S/c1-41-27-10-8-24-9-11-28(17-25(24)16-27)42(39,40)34(20-23-6-3-7-26(15-23)35(37)38)29-12-13-33(30(29)36)19-22-5-2-4-21(14-22)18-32-31/h2-11,14-18,29H,12-13,19-20,31H2,1H3/t29-/m0/s1. The Morgan fingerprint density at radius 1 is 1.05 bits per heavy atom. The minimum absolute atomic E-state index is 0.00806. The summed E-state index contributed by atoms with van der Waals surface area (Å²) in [4.78, 5) is 26.2. The quantitative estimate of drug-likeness (QED) is 0.127. The van der Waals surface area contributed by atoms with E-state index in [4.69, 9.17) is 10.6 Å². The lowest BCUT2D eigenvalue weighted by Gasteiger charge is -2.28. The number of non-ortho nitro benzene ring substituents is 1. The predicted octanol–water partition coefficient (Wildman–Crippen LogP) is 4.04. The van der Waals surface area contributed by atoms with Crippen LogP contribution in [0.1, 0.15) is 23.1 Å². The van der Waals surface area contributed by atoms with Crippen LogP contribution in [0.5, 0.6) is 5.75 Å². The molecule has 11 nitrogen and oxygen atoms in total. The Balaban J connectivity index is 1.51. The van der Waals surface area contributed by atoms with Gasteiger partial charge in [-0.1, -0.05) is 42.5 Å². The van der Waals surface area contributed by atoms with Crippen LogP contribution in [-0.4, -0.2) is 54.4 Å². The molecule has 12 heteroatoms. The van der Waals surface area contributed by atoms with Gasteiger partial charge in [-0.15, -0.1) is 0 Å². The summed E-state index contributed by atoms with van der Waals surface area (Å²) in [6.45, 7) is 0.406. The highest BCUT2D eigenvalue weighted by Gasteiger charge is 2.42. The lowest BCUT2D eigenvalue weighted by molar-refractivity contribution is -0.384. The number of nitrogens with two attached hydrogens (primary N) is 1. The lowest BCUT2D eigenvalue weighted by Crippen LogP contribution is -2.44. The van der Waals surface area contributed by atoms with E-state index in [1.807, 2.05) is 30.3 Å². The Morgan fingerprint density at radius 2 is 1.81 bits per heavy atom. The molecule has 1 fully saturated rings. The molecule has 4 aromatic carbocycles. The first-order valence-electron chi connectivity index (χ1n) is 13.1. The molecule has 216 valence electrons. The molecule has 42 heavy (non-hydrogen) atoms. The van der Waals surface area contributed by atoms with E-state index in [9.17, 15) is 23.3 Å². The molecule has 0 spiro atoms. The topological polar surface area (TPSA) is 148 Å². The van der Waals surface area contributed by atoms with Gasteiger partial charge in [0, 0.05) is 31.8 Å². The smallest absolute Gasteiger partial charge is 0.269 e. The zero-order valence-corrected chi connectivity index (χ0v) is 23.6. The Kier molecular flexibility index (Phi) is 8.18. The number of benzene rings is 4. The van der Waals surface area contributed by atoms with Crippen molar-refractivity contribution in [3.8, 4) is 5.75 Å². The molecule has 2 N–H and O–H groups in total. The number of hydrazone groups is 1. The van der Waals surface area contributed by atoms with Crippen molar-refractivity contribution < 1.29 is 22.9 Å². The van der Waals surface area contributed by atoms with Crippen LogP contribution in [0.15, 0.2) is 94.9 Å². The third-order valence-electron chi connectivity index (χ3n) is 7.25. The molecule has 0 radical (unpaired) electrons. The summed E-state index contributed by atoms with van der Waals surface area (Å²) in [7, 11) is -2.70. The summed E-state index contributed by atoms with van der Waals surface area (Å²) < 4.78 is 34.9. The maximum Gasteiger partial charge on any atom is 0.269 e. The molecule has 0 saturated carbocycles. The third-order valence-corrected chi connectivity index (χ3v) is 9.10. The van der Waals surface area contributed by atoms with Gasteiger partial charge in [-0.2, -0.15) is 9.41 Å². The zero-order valence-electron chi connectivity index (χ0n) is 22.8. The molecule has 1 saturated heterocycles. The first-order valence-corrected chi connectivity index (χ1v) is 14.6. The number of hydrogen-bond donors (Lipinski definition) is 1. The normalized spacial score (nSPS) is 15.6. The molecule has 5 rings (SSSR count). The number of sulfonamides is 1. The van der Waals surface area contributed by atoms with Crippen LogP contribution < -0.4 is 10.6 Å². The van der Waals surface area contributed by atoms with E-state index in [0.717, 1.165) is 20.8 Å². The fraction of sp³-hybridized carbons (Fsp3) is 0.200. The van der Waals surface area contributed by atoms with Gasteiger partial charge in [0.05, 0.1) is 23.1 Å². The number of carbonyl (C=O) groups excluding carboxylic acids is 1. The molecule has 1 aliphatic rings. The zero-order chi connectivity index (χ0) is 29.9. The summed E-state index contributed by atoms with van der Waals surface area (Å²) in [5.41, 5.74) is 1.86. The molecule has 0 unspecified atom stereocenters. The second-order valence-corrected chi connectivity index (χ2v) is 11.8. The van der Waals surface area contributed by atoms with Gasteiger partial charge >= 0.3 is 0 Å². The largest absolute Gasteiger partial charge is 0.497 e. The van der Waals surface area contributed by atoms with E-state index in [1.54, 1.807) is 35.2 Å². The van der Waals surface area contributed by atoms with Crippen molar-refractivity contribution in [1.29, 1.82) is 0 Å². The Labute approximate surface area is 243 Å². The fourth-order valence-corrected chi connectivity index (χ4v) is 6.80. The highest BCUT2D eigenvalue weighted by Crippen LogP contribution is 2.31. The van der Waals surface area contributed by atoms with Crippen LogP contribution in [0.25, 0.3) is 10.8 Å². The van der Waals surface area contributed by atoms with E-state index in [2.05, 4.69) is 5.10 Å². The highest BCUT2D eigenvalue weighted by atomic mass is 32.2. The van der Waals surface area contributed by atoms with Gasteiger partial charge < -0.3 is 15.5 Å². The number of hydrogen-bond acceptors (Lipinski definition) is 8. The first-order chi connectivity index (χ1) is 20.2. The summed E-state index contributed by atoms with van der Waals surface area (Å²) in [6, 6.07) is 22.3. The van der Waals surface area contributed by atoms with Gasteiger partial charge in [-0.25, -0.2) is 8.42 Å². The monoisotopic (exact) mass is 587 g/mol. The van der Waals surface area contributed by atoms with E-state index < -0.39 is 21.0 Å². The van der Waals surface area contributed by atoms with E-state index in [1.165, 1.54) is 37.6 Å². The molecule has 0 bridgehead atoms. The van der Waals surface area contributed by atoms with Gasteiger partial charge in [-0.05, 0) is 64.2 Å². The van der Waals surface area contributed by atoms with Crippen LogP contribution in [-0.2, 0) is 27.9 Å². The van der Waals surface area contributed by atoms with Gasteiger partial charge in [-0.3, -0.25) is 14.9 Å². The number of rotatable bonds is 10. The highest BCUT2D eigenvalue weighted by molar-refractivity contribution is 7.89. The number of amides is 1. The number of likely N-dealkylation sites (tertiary alicyclic amines) is 1. The van der Waals surface area contributed by atoms with Gasteiger partial charge in [0.1, 0.15) is 11.8 Å². The van der Waals surface area contributed by atoms with Gasteiger partial charge in [0.2, 0.25) is 15.9 Å². The maximum atomic E-state index is 14.2. The molecular formula is C30H29N5O6S. The summed E-state index contributed by atoms with van der Waals surface area (Å²) in [5.74, 6) is 5.50. The van der Waals surface area contributed by atoms with Crippen LogP contribution in [0.3, 0.4) is 0 Å². The van der Waals surface area contributed by atoms with Crippen molar-refractivity contribution in [2.45, 2.75) is 30.4 Å². The maximum absolute atomic E-state index is 14.2. The van der Waals surface area contributed by atoms with Crippen molar-refractivity contribution in [1.82, 2.24) is 9.21 Å². The molecule has 1 aliphatic heterocycles. The number of nitro benzene ring substituents is 1. The SMILES string of the molecule is COc1ccc2ccc(S(=O)(=O)N(Cc3cccc([N+](=O)[O-])c3)[C@H]3CCN(Cc4cccc(C=NN)c4)C3=O)cc2c1. The van der Waals surface area contributed by atoms with Crippen LogP contribution >= 0.6 is 0 Å². The van der Waals surface area contributed by atoms with Crippen molar-refractivity contribution in [2.24, 2.45) is 10.9 Å². The molecule has 0 aromatic heterocycles. The van der Waals surface area contributed by atoms with E-state index in [0.29, 0.717) is 23.2 Å².